The molecule has 0 fully saturated rings. The average molecular weight is 233 g/mol. The minimum absolute atomic E-state index is 0.173. The number of terminal acetylenes is 1. The van der Waals surface area contributed by atoms with Gasteiger partial charge in [0.25, 0.3) is 0 Å². The van der Waals surface area contributed by atoms with Gasteiger partial charge in [-0.3, -0.25) is 0 Å². The van der Waals surface area contributed by atoms with E-state index in [4.69, 9.17) is 20.6 Å². The van der Waals surface area contributed by atoms with Crippen LogP contribution < -0.4 is 9.47 Å². The van der Waals surface area contributed by atoms with Crippen molar-refractivity contribution in [3.05, 3.63) is 23.8 Å². The zero-order chi connectivity index (χ0) is 11.8. The highest BCUT2D eigenvalue weighted by Gasteiger charge is 2.03. The summed E-state index contributed by atoms with van der Waals surface area (Å²) in [5.41, 5.74) is 0.683. The van der Waals surface area contributed by atoms with Crippen molar-refractivity contribution in [2.24, 2.45) is 0 Å². The number of methoxy groups -OCH3 is 1. The molecule has 1 aromatic rings. The molecule has 0 amide bonds. The number of ether oxygens (including phenoxy) is 3. The normalized spacial score (nSPS) is 9.56. The molecular weight excluding hydrogens is 220 g/mol. The molecule has 83 valence electrons. The maximum absolute atomic E-state index is 5.41. The fourth-order valence-corrected chi connectivity index (χ4v) is 1.25. The van der Waals surface area contributed by atoms with Crippen molar-refractivity contribution in [3.8, 4) is 23.8 Å². The quantitative estimate of drug-likeness (QED) is 0.323. The molecule has 0 N–H and O–H groups in total. The second-order valence-corrected chi connectivity index (χ2v) is 3.43. The molecule has 3 radical (unpaired) electrons. The Bertz CT molecular complexity index is 371. The highest BCUT2D eigenvalue weighted by molar-refractivity contribution is 6.08. The molecule has 0 saturated carbocycles. The lowest BCUT2D eigenvalue weighted by Crippen LogP contribution is -2.04. The van der Waals surface area contributed by atoms with Gasteiger partial charge in [-0.25, -0.2) is 0 Å². The van der Waals surface area contributed by atoms with Crippen LogP contribution in [0.4, 0.5) is 0 Å². The van der Waals surface area contributed by atoms with Crippen molar-refractivity contribution >= 4 is 10.2 Å². The lowest BCUT2D eigenvalue weighted by Gasteiger charge is -2.09. The lowest BCUT2D eigenvalue weighted by molar-refractivity contribution is 0.0223. The van der Waals surface area contributed by atoms with Crippen LogP contribution in [0.25, 0.3) is 0 Å². The Labute approximate surface area is 99.1 Å². The summed E-state index contributed by atoms with van der Waals surface area (Å²) in [5, 5.41) is 0. The van der Waals surface area contributed by atoms with Crippen molar-refractivity contribution in [3.63, 3.8) is 0 Å². The molecule has 3 nitrogen and oxygen atoms in total. The van der Waals surface area contributed by atoms with E-state index in [0.29, 0.717) is 23.7 Å². The van der Waals surface area contributed by atoms with Crippen LogP contribution in [0, 0.1) is 12.3 Å². The summed E-state index contributed by atoms with van der Waals surface area (Å²) in [7, 11) is 4.89. The van der Waals surface area contributed by atoms with Crippen LogP contribution in [-0.2, 0) is 4.74 Å². The first-order valence-electron chi connectivity index (χ1n) is 4.81. The smallest absolute Gasteiger partial charge is 0.189 e. The third-order valence-electron chi connectivity index (χ3n) is 1.89. The molecule has 1 aromatic carbocycles. The van der Waals surface area contributed by atoms with E-state index in [9.17, 15) is 0 Å². The van der Waals surface area contributed by atoms with Crippen LogP contribution in [0.2, 0.25) is 6.04 Å². The van der Waals surface area contributed by atoms with E-state index in [-0.39, 0.29) is 6.79 Å². The molecule has 0 aliphatic rings. The number of hydrogen-bond donors (Lipinski definition) is 0. The molecule has 0 atom stereocenters. The molecule has 0 saturated heterocycles. The molecule has 0 bridgehead atoms. The third-order valence-corrected chi connectivity index (χ3v) is 2.09. The Morgan fingerprint density at radius 3 is 2.88 bits per heavy atom. The van der Waals surface area contributed by atoms with Gasteiger partial charge in [0.15, 0.2) is 6.79 Å². The van der Waals surface area contributed by atoms with E-state index in [1.807, 2.05) is 0 Å². The van der Waals surface area contributed by atoms with Gasteiger partial charge in [-0.2, -0.15) is 0 Å². The second-order valence-electron chi connectivity index (χ2n) is 2.93. The van der Waals surface area contributed by atoms with E-state index >= 15 is 0 Å². The average Bonchev–Trinajstić information content (AvgIpc) is 2.34. The largest absolute Gasteiger partial charge is 0.497 e. The maximum Gasteiger partial charge on any atom is 0.189 e. The predicted octanol–water partition coefficient (Wildman–Crippen LogP) is 1.62. The van der Waals surface area contributed by atoms with Crippen molar-refractivity contribution < 1.29 is 14.2 Å². The number of rotatable bonds is 6. The van der Waals surface area contributed by atoms with Crippen LogP contribution in [0.1, 0.15) is 5.56 Å². The van der Waals surface area contributed by atoms with Gasteiger partial charge >= 0.3 is 0 Å². The SMILES string of the molecule is C#Cc1ccc(OC)cc1OCOCC[Si]. The van der Waals surface area contributed by atoms with Crippen molar-refractivity contribution in [2.45, 2.75) is 6.04 Å². The van der Waals surface area contributed by atoms with Crippen molar-refractivity contribution in [2.75, 3.05) is 20.5 Å². The Balaban J connectivity index is 2.65. The van der Waals surface area contributed by atoms with Crippen molar-refractivity contribution in [1.82, 2.24) is 0 Å². The van der Waals surface area contributed by atoms with E-state index < -0.39 is 0 Å². The summed E-state index contributed by atoms with van der Waals surface area (Å²) < 4.78 is 15.7. The summed E-state index contributed by atoms with van der Waals surface area (Å²) in [4.78, 5) is 0. The van der Waals surface area contributed by atoms with Gasteiger partial charge in [0.2, 0.25) is 0 Å². The van der Waals surface area contributed by atoms with Gasteiger partial charge in [-0.15, -0.1) is 6.42 Å². The molecule has 0 aliphatic carbocycles. The third kappa shape index (κ3) is 3.61. The highest BCUT2D eigenvalue weighted by Crippen LogP contribution is 2.24. The zero-order valence-electron chi connectivity index (χ0n) is 9.16. The topological polar surface area (TPSA) is 27.7 Å². The molecule has 1 rings (SSSR count). The summed E-state index contributed by atoms with van der Waals surface area (Å²) in [6.45, 7) is 0.762. The fraction of sp³-hybridized carbons (Fsp3) is 0.333. The molecule has 16 heavy (non-hydrogen) atoms. The van der Waals surface area contributed by atoms with Crippen LogP contribution in [0.5, 0.6) is 11.5 Å². The lowest BCUT2D eigenvalue weighted by atomic mass is 10.2. The van der Waals surface area contributed by atoms with Crippen LogP contribution in [-0.4, -0.2) is 30.8 Å². The van der Waals surface area contributed by atoms with Gasteiger partial charge in [0.1, 0.15) is 11.5 Å². The van der Waals surface area contributed by atoms with Gasteiger partial charge < -0.3 is 14.2 Å². The highest BCUT2D eigenvalue weighted by atomic mass is 28.1. The standard InChI is InChI=1S/C12H13O3Si/c1-3-10-4-5-11(13-2)8-12(10)15-9-14-6-7-16/h1,4-5,8H,6-7,9H2,2H3. The molecule has 0 heterocycles. The summed E-state index contributed by atoms with van der Waals surface area (Å²) in [6.07, 6.45) is 5.35. The maximum atomic E-state index is 5.41. The molecule has 0 aromatic heterocycles. The van der Waals surface area contributed by atoms with Gasteiger partial charge in [-0.05, 0) is 18.2 Å². The van der Waals surface area contributed by atoms with E-state index in [1.165, 1.54) is 0 Å². The molecule has 0 spiro atoms. The Morgan fingerprint density at radius 2 is 2.25 bits per heavy atom. The van der Waals surface area contributed by atoms with Gasteiger partial charge in [-0.1, -0.05) is 5.92 Å². The number of benzene rings is 1. The predicted molar refractivity (Wildman–Crippen MR) is 62.9 cm³/mol. The van der Waals surface area contributed by atoms with E-state index in [1.54, 1.807) is 25.3 Å². The van der Waals surface area contributed by atoms with E-state index in [0.717, 1.165) is 6.04 Å². The van der Waals surface area contributed by atoms with Gasteiger partial charge in [0.05, 0.1) is 12.7 Å². The molecule has 0 unspecified atom stereocenters. The Kier molecular flexibility index (Phi) is 5.47. The molecule has 4 heteroatoms. The first-order chi connectivity index (χ1) is 7.81. The van der Waals surface area contributed by atoms with Crippen LogP contribution in [0.15, 0.2) is 18.2 Å². The summed E-state index contributed by atoms with van der Waals surface area (Å²) >= 11 is 0. The Morgan fingerprint density at radius 1 is 1.44 bits per heavy atom. The van der Waals surface area contributed by atoms with Crippen LogP contribution in [0.3, 0.4) is 0 Å². The minimum atomic E-state index is 0.173. The van der Waals surface area contributed by atoms with Crippen molar-refractivity contribution in [1.29, 1.82) is 0 Å². The second kappa shape index (κ2) is 6.93. The summed E-state index contributed by atoms with van der Waals surface area (Å²) in [5.74, 6) is 3.84. The Hall–Kier alpha value is -1.44. The van der Waals surface area contributed by atoms with Crippen LogP contribution >= 0.6 is 0 Å². The molecular formula is C12H13O3Si. The van der Waals surface area contributed by atoms with Gasteiger partial charge in [0, 0.05) is 22.9 Å². The first-order valence-corrected chi connectivity index (χ1v) is 5.52. The summed E-state index contributed by atoms with van der Waals surface area (Å²) in [6, 6.07) is 6.08. The monoisotopic (exact) mass is 233 g/mol. The molecule has 0 aliphatic heterocycles. The zero-order valence-corrected chi connectivity index (χ0v) is 10.2. The first kappa shape index (κ1) is 12.6. The minimum Gasteiger partial charge on any atom is -0.497 e. The fourth-order valence-electron chi connectivity index (χ4n) is 1.10. The van der Waals surface area contributed by atoms with E-state index in [2.05, 4.69) is 16.2 Å². The number of hydrogen-bond acceptors (Lipinski definition) is 3.